The van der Waals surface area contributed by atoms with Crippen molar-refractivity contribution in [2.75, 3.05) is 20.7 Å². The molecule has 0 saturated heterocycles. The Labute approximate surface area is 95.6 Å². The molecular weight excluding hydrogens is 212 g/mol. The fourth-order valence-corrected chi connectivity index (χ4v) is 1.84. The minimum atomic E-state index is 0.202. The molecule has 0 saturated carbocycles. The molecule has 0 amide bonds. The molecule has 0 aliphatic heterocycles. The van der Waals surface area contributed by atoms with Gasteiger partial charge in [0.15, 0.2) is 0 Å². The summed E-state index contributed by atoms with van der Waals surface area (Å²) in [7, 11) is 3.53. The normalized spacial score (nSPS) is 12.5. The van der Waals surface area contributed by atoms with E-state index in [4.69, 9.17) is 22.1 Å². The van der Waals surface area contributed by atoms with Crippen molar-refractivity contribution in [2.45, 2.75) is 12.5 Å². The maximum atomic E-state index is 6.16. The first kappa shape index (κ1) is 12.3. The van der Waals surface area contributed by atoms with Crippen molar-refractivity contribution in [1.82, 2.24) is 5.32 Å². The zero-order valence-corrected chi connectivity index (χ0v) is 9.84. The predicted molar refractivity (Wildman–Crippen MR) is 63.5 cm³/mol. The van der Waals surface area contributed by atoms with Gasteiger partial charge in [-0.15, -0.1) is 0 Å². The Morgan fingerprint density at radius 1 is 1.53 bits per heavy atom. The molecule has 1 rings (SSSR count). The summed E-state index contributed by atoms with van der Waals surface area (Å²) < 4.78 is 5.09. The summed E-state index contributed by atoms with van der Waals surface area (Å²) in [6.07, 6.45) is 0.864. The summed E-state index contributed by atoms with van der Waals surface area (Å²) in [5.41, 5.74) is 6.60. The molecule has 0 aliphatic rings. The van der Waals surface area contributed by atoms with E-state index >= 15 is 0 Å². The quantitative estimate of drug-likeness (QED) is 0.810. The second-order valence-electron chi connectivity index (χ2n) is 3.31. The molecule has 0 bridgehead atoms. The highest BCUT2D eigenvalue weighted by Crippen LogP contribution is 2.28. The lowest BCUT2D eigenvalue weighted by Crippen LogP contribution is -2.20. The molecule has 3 nitrogen and oxygen atoms in total. The Morgan fingerprint density at radius 3 is 2.73 bits per heavy atom. The molecular formula is C11H17ClN2O. The van der Waals surface area contributed by atoms with Gasteiger partial charge in [-0.3, -0.25) is 0 Å². The number of nitrogens with two attached hydrogens (primary N) is 1. The van der Waals surface area contributed by atoms with Gasteiger partial charge in [-0.2, -0.15) is 0 Å². The first-order valence-corrected chi connectivity index (χ1v) is 5.31. The third-order valence-corrected chi connectivity index (χ3v) is 2.71. The third-order valence-electron chi connectivity index (χ3n) is 2.39. The molecule has 1 aromatic rings. The Hall–Kier alpha value is -0.770. The molecule has 0 heterocycles. The lowest BCUT2D eigenvalue weighted by Gasteiger charge is -2.17. The molecule has 1 unspecified atom stereocenters. The number of rotatable bonds is 5. The van der Waals surface area contributed by atoms with Gasteiger partial charge < -0.3 is 15.8 Å². The molecule has 3 N–H and O–H groups in total. The maximum absolute atomic E-state index is 6.16. The summed E-state index contributed by atoms with van der Waals surface area (Å²) in [6.45, 7) is 0.633. The Morgan fingerprint density at radius 2 is 2.27 bits per heavy atom. The van der Waals surface area contributed by atoms with Crippen molar-refractivity contribution in [3.63, 3.8) is 0 Å². The summed E-state index contributed by atoms with van der Waals surface area (Å²) in [5, 5.41) is 3.90. The van der Waals surface area contributed by atoms with E-state index in [1.54, 1.807) is 7.11 Å². The molecule has 0 aromatic heterocycles. The second-order valence-corrected chi connectivity index (χ2v) is 3.71. The highest BCUT2D eigenvalue weighted by molar-refractivity contribution is 6.31. The fraction of sp³-hybridized carbons (Fsp3) is 0.455. The van der Waals surface area contributed by atoms with Crippen molar-refractivity contribution in [3.8, 4) is 5.75 Å². The van der Waals surface area contributed by atoms with Gasteiger partial charge in [0.05, 0.1) is 7.11 Å². The van der Waals surface area contributed by atoms with Crippen LogP contribution < -0.4 is 15.8 Å². The van der Waals surface area contributed by atoms with Gasteiger partial charge in [0.2, 0.25) is 0 Å². The molecule has 0 spiro atoms. The van der Waals surface area contributed by atoms with Crippen LogP contribution in [0.4, 0.5) is 0 Å². The van der Waals surface area contributed by atoms with Crippen molar-refractivity contribution in [1.29, 1.82) is 0 Å². The van der Waals surface area contributed by atoms with E-state index in [-0.39, 0.29) is 6.04 Å². The van der Waals surface area contributed by atoms with E-state index in [9.17, 15) is 0 Å². The van der Waals surface area contributed by atoms with Crippen LogP contribution >= 0.6 is 11.6 Å². The van der Waals surface area contributed by atoms with Crippen LogP contribution in [0, 0.1) is 0 Å². The van der Waals surface area contributed by atoms with Gasteiger partial charge in [0.25, 0.3) is 0 Å². The van der Waals surface area contributed by atoms with Crippen molar-refractivity contribution >= 4 is 11.6 Å². The first-order chi connectivity index (χ1) is 7.22. The molecule has 1 aromatic carbocycles. The van der Waals surface area contributed by atoms with Crippen LogP contribution in [0.25, 0.3) is 0 Å². The Balaban J connectivity index is 2.92. The van der Waals surface area contributed by atoms with Crippen molar-refractivity contribution < 1.29 is 4.74 Å². The number of halogens is 1. The Bertz CT molecular complexity index is 317. The zero-order chi connectivity index (χ0) is 11.3. The molecule has 1 atom stereocenters. The van der Waals surface area contributed by atoms with Crippen molar-refractivity contribution in [2.24, 2.45) is 5.73 Å². The molecule has 0 fully saturated rings. The summed E-state index contributed by atoms with van der Waals surface area (Å²) in [5.74, 6) is 0.770. The SMILES string of the molecule is CNC(CCN)c1ccc(OC)cc1Cl. The van der Waals surface area contributed by atoms with Gasteiger partial charge in [-0.25, -0.2) is 0 Å². The van der Waals surface area contributed by atoms with Gasteiger partial charge >= 0.3 is 0 Å². The largest absolute Gasteiger partial charge is 0.497 e. The number of hydrogen-bond donors (Lipinski definition) is 2. The molecule has 15 heavy (non-hydrogen) atoms. The monoisotopic (exact) mass is 228 g/mol. The predicted octanol–water partition coefficient (Wildman–Crippen LogP) is 1.96. The minimum Gasteiger partial charge on any atom is -0.497 e. The molecule has 0 radical (unpaired) electrons. The number of hydrogen-bond acceptors (Lipinski definition) is 3. The summed E-state index contributed by atoms with van der Waals surface area (Å²) >= 11 is 6.16. The van der Waals surface area contributed by atoms with Gasteiger partial charge in [-0.05, 0) is 37.7 Å². The average molecular weight is 229 g/mol. The van der Waals surface area contributed by atoms with Gasteiger partial charge in [0, 0.05) is 11.1 Å². The average Bonchev–Trinajstić information content (AvgIpc) is 2.26. The van der Waals surface area contributed by atoms with Crippen LogP contribution in [-0.2, 0) is 0 Å². The van der Waals surface area contributed by atoms with Crippen LogP contribution in [0.5, 0.6) is 5.75 Å². The van der Waals surface area contributed by atoms with Crippen LogP contribution in [0.15, 0.2) is 18.2 Å². The number of ether oxygens (including phenoxy) is 1. The molecule has 0 aliphatic carbocycles. The van der Waals surface area contributed by atoms with Crippen LogP contribution in [0.1, 0.15) is 18.0 Å². The topological polar surface area (TPSA) is 47.3 Å². The number of nitrogens with one attached hydrogen (secondary N) is 1. The minimum absolute atomic E-state index is 0.202. The summed E-state index contributed by atoms with van der Waals surface area (Å²) in [4.78, 5) is 0. The summed E-state index contributed by atoms with van der Waals surface area (Å²) in [6, 6.07) is 5.89. The molecule has 84 valence electrons. The van der Waals surface area contributed by atoms with E-state index in [1.165, 1.54) is 0 Å². The number of benzene rings is 1. The smallest absolute Gasteiger partial charge is 0.120 e. The fourth-order valence-electron chi connectivity index (χ4n) is 1.54. The second kappa shape index (κ2) is 5.95. The van der Waals surface area contributed by atoms with E-state index in [0.717, 1.165) is 17.7 Å². The first-order valence-electron chi connectivity index (χ1n) is 4.93. The zero-order valence-electron chi connectivity index (χ0n) is 9.09. The Kier molecular flexibility index (Phi) is 4.88. The third kappa shape index (κ3) is 3.09. The van der Waals surface area contributed by atoms with Gasteiger partial charge in [-0.1, -0.05) is 17.7 Å². The maximum Gasteiger partial charge on any atom is 0.120 e. The lowest BCUT2D eigenvalue weighted by molar-refractivity contribution is 0.414. The lowest BCUT2D eigenvalue weighted by atomic mass is 10.0. The van der Waals surface area contributed by atoms with Crippen molar-refractivity contribution in [3.05, 3.63) is 28.8 Å². The van der Waals surface area contributed by atoms with E-state index in [0.29, 0.717) is 11.6 Å². The highest BCUT2D eigenvalue weighted by Gasteiger charge is 2.12. The van der Waals surface area contributed by atoms with E-state index in [2.05, 4.69) is 5.32 Å². The molecule has 4 heteroatoms. The van der Waals surface area contributed by atoms with Crippen LogP contribution in [0.2, 0.25) is 5.02 Å². The number of methoxy groups -OCH3 is 1. The van der Waals surface area contributed by atoms with Gasteiger partial charge in [0.1, 0.15) is 5.75 Å². The van der Waals surface area contributed by atoms with Crippen LogP contribution in [-0.4, -0.2) is 20.7 Å². The van der Waals surface area contributed by atoms with Crippen LogP contribution in [0.3, 0.4) is 0 Å². The standard InChI is InChI=1S/C11H17ClN2O/c1-14-11(5-6-13)9-4-3-8(15-2)7-10(9)12/h3-4,7,11,14H,5-6,13H2,1-2H3. The van der Waals surface area contributed by atoms with E-state index < -0.39 is 0 Å². The van der Waals surface area contributed by atoms with E-state index in [1.807, 2.05) is 25.2 Å². The highest BCUT2D eigenvalue weighted by atomic mass is 35.5.